The first-order valence-electron chi connectivity index (χ1n) is 9.56. The van der Waals surface area contributed by atoms with Crippen LogP contribution >= 0.6 is 11.6 Å². The lowest BCUT2D eigenvalue weighted by Crippen LogP contribution is -2.42. The van der Waals surface area contributed by atoms with Crippen LogP contribution in [0.4, 0.5) is 0 Å². The summed E-state index contributed by atoms with van der Waals surface area (Å²) >= 11 is 6.03. The molecule has 0 aliphatic rings. The molecule has 0 fully saturated rings. The third-order valence-electron chi connectivity index (χ3n) is 4.48. The van der Waals surface area contributed by atoms with Crippen molar-refractivity contribution in [1.82, 2.24) is 19.9 Å². The van der Waals surface area contributed by atoms with Gasteiger partial charge in [-0.3, -0.25) is 9.36 Å². The molecule has 0 radical (unpaired) electrons. The number of rotatable bonds is 4. The van der Waals surface area contributed by atoms with E-state index in [1.54, 1.807) is 44.3 Å². The van der Waals surface area contributed by atoms with Crippen molar-refractivity contribution in [3.05, 3.63) is 65.2 Å². The fourth-order valence-electron chi connectivity index (χ4n) is 2.97. The van der Waals surface area contributed by atoms with E-state index in [1.807, 2.05) is 22.9 Å². The minimum absolute atomic E-state index is 0.216. The van der Waals surface area contributed by atoms with Crippen LogP contribution in [0.2, 0.25) is 5.02 Å². The summed E-state index contributed by atoms with van der Waals surface area (Å²) in [7, 11) is 0. The lowest BCUT2D eigenvalue weighted by Gasteiger charge is -2.21. The SMILES string of the molecule is CC(C)(C#N)NC(=O)c1cc(-c2ccc(Cl)cc2)nc(-n2ccnc2C(C)(C)C)c1. The van der Waals surface area contributed by atoms with Gasteiger partial charge in [-0.15, -0.1) is 0 Å². The van der Waals surface area contributed by atoms with Crippen LogP contribution in [0.15, 0.2) is 48.8 Å². The first kappa shape index (κ1) is 21.5. The molecule has 0 saturated heterocycles. The first-order chi connectivity index (χ1) is 14.0. The molecule has 0 aliphatic heterocycles. The Balaban J connectivity index is 2.17. The van der Waals surface area contributed by atoms with Crippen LogP contribution in [0.3, 0.4) is 0 Å². The smallest absolute Gasteiger partial charge is 0.252 e. The molecule has 1 amide bonds. The first-order valence-corrected chi connectivity index (χ1v) is 9.94. The number of halogens is 1. The molecule has 30 heavy (non-hydrogen) atoms. The van der Waals surface area contributed by atoms with Crippen LogP contribution in [0.1, 0.15) is 50.8 Å². The Labute approximate surface area is 181 Å². The Morgan fingerprint density at radius 2 is 1.80 bits per heavy atom. The molecule has 0 bridgehead atoms. The van der Waals surface area contributed by atoms with Gasteiger partial charge in [0.1, 0.15) is 17.2 Å². The molecule has 6 nitrogen and oxygen atoms in total. The molecule has 0 unspecified atom stereocenters. The zero-order valence-corrected chi connectivity index (χ0v) is 18.4. The number of imidazole rings is 1. The fourth-order valence-corrected chi connectivity index (χ4v) is 3.09. The molecule has 154 valence electrons. The van der Waals surface area contributed by atoms with Gasteiger partial charge in [0.2, 0.25) is 0 Å². The zero-order valence-electron chi connectivity index (χ0n) is 17.7. The Morgan fingerprint density at radius 3 is 2.40 bits per heavy atom. The Kier molecular flexibility index (Phi) is 5.69. The van der Waals surface area contributed by atoms with Crippen LogP contribution in [0.5, 0.6) is 0 Å². The highest BCUT2D eigenvalue weighted by Crippen LogP contribution is 2.26. The Bertz CT molecular complexity index is 1120. The molecule has 3 rings (SSSR count). The van der Waals surface area contributed by atoms with E-state index in [0.717, 1.165) is 11.4 Å². The molecule has 1 N–H and O–H groups in total. The number of nitrogens with zero attached hydrogens (tertiary/aromatic N) is 4. The lowest BCUT2D eigenvalue weighted by atomic mass is 9.95. The van der Waals surface area contributed by atoms with Crippen LogP contribution in [-0.2, 0) is 5.41 Å². The van der Waals surface area contributed by atoms with E-state index in [1.165, 1.54) is 0 Å². The number of nitrogens with one attached hydrogen (secondary N) is 1. The van der Waals surface area contributed by atoms with Crippen LogP contribution in [0.25, 0.3) is 17.1 Å². The third-order valence-corrected chi connectivity index (χ3v) is 4.73. The van der Waals surface area contributed by atoms with Crippen molar-refractivity contribution in [1.29, 1.82) is 5.26 Å². The zero-order chi connectivity index (χ0) is 22.1. The van der Waals surface area contributed by atoms with Gasteiger partial charge in [0.05, 0.1) is 11.8 Å². The van der Waals surface area contributed by atoms with Crippen molar-refractivity contribution in [3.8, 4) is 23.1 Å². The second-order valence-corrected chi connectivity index (χ2v) is 9.10. The summed E-state index contributed by atoms with van der Waals surface area (Å²) in [5.74, 6) is 1.05. The lowest BCUT2D eigenvalue weighted by molar-refractivity contribution is 0.0929. The van der Waals surface area contributed by atoms with Crippen molar-refractivity contribution in [2.24, 2.45) is 0 Å². The van der Waals surface area contributed by atoms with Gasteiger partial charge in [0.15, 0.2) is 0 Å². The monoisotopic (exact) mass is 421 g/mol. The van der Waals surface area contributed by atoms with Gasteiger partial charge in [-0.25, -0.2) is 9.97 Å². The molecular weight excluding hydrogens is 398 g/mol. The van der Waals surface area contributed by atoms with Crippen LogP contribution < -0.4 is 5.32 Å². The summed E-state index contributed by atoms with van der Waals surface area (Å²) in [4.78, 5) is 22.2. The average molecular weight is 422 g/mol. The minimum Gasteiger partial charge on any atom is -0.334 e. The number of nitriles is 1. The molecule has 0 atom stereocenters. The molecule has 0 spiro atoms. The number of carbonyl (C=O) groups is 1. The third kappa shape index (κ3) is 4.69. The fraction of sp³-hybridized carbons (Fsp3) is 0.304. The average Bonchev–Trinajstić information content (AvgIpc) is 3.18. The standard InChI is InChI=1S/C23H24ClN5O/c1-22(2,3)21-26-10-11-29(21)19-13-16(20(30)28-23(4,5)14-25)12-18(27-19)15-6-8-17(24)9-7-15/h6-13H,1-5H3,(H,28,30). The quantitative estimate of drug-likeness (QED) is 0.648. The van der Waals surface area contributed by atoms with E-state index >= 15 is 0 Å². The normalized spacial score (nSPS) is 11.8. The van der Waals surface area contributed by atoms with E-state index in [2.05, 4.69) is 37.1 Å². The number of amides is 1. The maximum absolute atomic E-state index is 12.9. The number of hydrogen-bond donors (Lipinski definition) is 1. The number of benzene rings is 1. The molecule has 2 aromatic heterocycles. The molecule has 7 heteroatoms. The predicted molar refractivity (Wildman–Crippen MR) is 118 cm³/mol. The van der Waals surface area contributed by atoms with Gasteiger partial charge < -0.3 is 5.32 Å². The predicted octanol–water partition coefficient (Wildman–Crippen LogP) is 4.92. The summed E-state index contributed by atoms with van der Waals surface area (Å²) in [6.45, 7) is 9.51. The molecule has 1 aromatic carbocycles. The number of aromatic nitrogens is 3. The highest BCUT2D eigenvalue weighted by molar-refractivity contribution is 6.30. The summed E-state index contributed by atoms with van der Waals surface area (Å²) < 4.78 is 1.88. The van der Waals surface area contributed by atoms with Gasteiger partial charge in [0, 0.05) is 34.0 Å². The van der Waals surface area contributed by atoms with Crippen molar-refractivity contribution >= 4 is 17.5 Å². The van der Waals surface area contributed by atoms with Crippen molar-refractivity contribution < 1.29 is 4.79 Å². The summed E-state index contributed by atoms with van der Waals surface area (Å²) in [5, 5.41) is 12.6. The van der Waals surface area contributed by atoms with E-state index in [4.69, 9.17) is 16.6 Å². The van der Waals surface area contributed by atoms with Gasteiger partial charge in [0.25, 0.3) is 5.91 Å². The molecule has 3 aromatic rings. The maximum atomic E-state index is 12.9. The topological polar surface area (TPSA) is 83.6 Å². The van der Waals surface area contributed by atoms with Gasteiger partial charge >= 0.3 is 0 Å². The second kappa shape index (κ2) is 7.92. The molecule has 0 aliphatic carbocycles. The number of hydrogen-bond acceptors (Lipinski definition) is 4. The highest BCUT2D eigenvalue weighted by Gasteiger charge is 2.24. The molecule has 2 heterocycles. The van der Waals surface area contributed by atoms with Crippen LogP contribution in [0, 0.1) is 11.3 Å². The maximum Gasteiger partial charge on any atom is 0.252 e. The highest BCUT2D eigenvalue weighted by atomic mass is 35.5. The van der Waals surface area contributed by atoms with Gasteiger partial charge in [-0.2, -0.15) is 5.26 Å². The molecule has 0 saturated carbocycles. The van der Waals surface area contributed by atoms with Gasteiger partial charge in [-0.05, 0) is 38.1 Å². The summed E-state index contributed by atoms with van der Waals surface area (Å²) in [5.41, 5.74) is 0.644. The van der Waals surface area contributed by atoms with E-state index in [-0.39, 0.29) is 11.3 Å². The Hall–Kier alpha value is -3.17. The van der Waals surface area contributed by atoms with Crippen LogP contribution in [-0.4, -0.2) is 26.0 Å². The van der Waals surface area contributed by atoms with Crippen molar-refractivity contribution in [2.45, 2.75) is 45.6 Å². The number of carbonyl (C=O) groups excluding carboxylic acids is 1. The van der Waals surface area contributed by atoms with Gasteiger partial charge in [-0.1, -0.05) is 44.5 Å². The Morgan fingerprint density at radius 1 is 1.13 bits per heavy atom. The van der Waals surface area contributed by atoms with E-state index in [0.29, 0.717) is 22.1 Å². The summed E-state index contributed by atoms with van der Waals surface area (Å²) in [6, 6.07) is 12.8. The van der Waals surface area contributed by atoms with Crippen molar-refractivity contribution in [3.63, 3.8) is 0 Å². The van der Waals surface area contributed by atoms with E-state index < -0.39 is 5.54 Å². The second-order valence-electron chi connectivity index (χ2n) is 8.67. The summed E-state index contributed by atoms with van der Waals surface area (Å²) in [6.07, 6.45) is 3.55. The molecular formula is C23H24ClN5O. The minimum atomic E-state index is -0.994. The number of pyridine rings is 1. The van der Waals surface area contributed by atoms with Crippen molar-refractivity contribution in [2.75, 3.05) is 0 Å². The van der Waals surface area contributed by atoms with E-state index in [9.17, 15) is 10.1 Å². The largest absolute Gasteiger partial charge is 0.334 e.